The van der Waals surface area contributed by atoms with Crippen molar-refractivity contribution < 1.29 is 9.13 Å². The monoisotopic (exact) mass is 318 g/mol. The van der Waals surface area contributed by atoms with Crippen molar-refractivity contribution in [2.45, 2.75) is 44.1 Å². The average Bonchev–Trinajstić information content (AvgIpc) is 3.01. The van der Waals surface area contributed by atoms with Gasteiger partial charge in [0.05, 0.1) is 7.11 Å². The van der Waals surface area contributed by atoms with E-state index in [1.165, 1.54) is 57.1 Å². The average molecular weight is 318 g/mol. The van der Waals surface area contributed by atoms with Crippen molar-refractivity contribution in [3.05, 3.63) is 29.6 Å². The lowest BCUT2D eigenvalue weighted by molar-refractivity contribution is 0.120. The van der Waals surface area contributed by atoms with Gasteiger partial charge in [-0.3, -0.25) is 0 Å². The van der Waals surface area contributed by atoms with Crippen LogP contribution in [0.1, 0.15) is 43.6 Å². The summed E-state index contributed by atoms with van der Waals surface area (Å²) in [6.07, 6.45) is 6.46. The number of likely N-dealkylation sites (tertiary alicyclic amines) is 1. The Bertz CT molecular complexity index is 564. The van der Waals surface area contributed by atoms with Crippen LogP contribution in [0.3, 0.4) is 0 Å². The Morgan fingerprint density at radius 1 is 1.22 bits per heavy atom. The molecule has 3 fully saturated rings. The van der Waals surface area contributed by atoms with Crippen molar-refractivity contribution in [1.29, 1.82) is 0 Å². The zero-order valence-corrected chi connectivity index (χ0v) is 14.0. The fourth-order valence-corrected chi connectivity index (χ4v) is 4.89. The predicted molar refractivity (Wildman–Crippen MR) is 89.4 cm³/mol. The lowest BCUT2D eigenvalue weighted by atomic mass is 9.80. The molecule has 23 heavy (non-hydrogen) atoms. The molecule has 4 heteroatoms. The highest BCUT2D eigenvalue weighted by Gasteiger charge is 2.45. The van der Waals surface area contributed by atoms with E-state index in [2.05, 4.69) is 10.2 Å². The van der Waals surface area contributed by atoms with Crippen LogP contribution in [-0.2, 0) is 0 Å². The summed E-state index contributed by atoms with van der Waals surface area (Å²) in [5, 5.41) is 3.45. The van der Waals surface area contributed by atoms with Gasteiger partial charge in [-0.15, -0.1) is 0 Å². The number of hydrogen-bond acceptors (Lipinski definition) is 3. The highest BCUT2D eigenvalue weighted by molar-refractivity contribution is 5.37. The molecule has 1 aromatic rings. The van der Waals surface area contributed by atoms with Gasteiger partial charge in [-0.25, -0.2) is 4.39 Å². The summed E-state index contributed by atoms with van der Waals surface area (Å²) in [6, 6.07) is 5.79. The van der Waals surface area contributed by atoms with Gasteiger partial charge in [0.25, 0.3) is 0 Å². The molecular formula is C19H27FN2O. The third-order valence-corrected chi connectivity index (χ3v) is 6.36. The molecular weight excluding hydrogens is 291 g/mol. The summed E-state index contributed by atoms with van der Waals surface area (Å²) in [6.45, 7) is 4.79. The molecule has 0 bridgehead atoms. The largest absolute Gasteiger partial charge is 0.496 e. The maximum atomic E-state index is 13.4. The first kappa shape index (κ1) is 15.4. The van der Waals surface area contributed by atoms with Crippen molar-refractivity contribution in [3.8, 4) is 5.75 Å². The molecule has 1 saturated carbocycles. The van der Waals surface area contributed by atoms with Gasteiger partial charge in [0.15, 0.2) is 0 Å². The minimum atomic E-state index is -0.214. The first-order valence-corrected chi connectivity index (χ1v) is 8.97. The maximum absolute atomic E-state index is 13.4. The SMILES string of the molecule is COc1cc(F)ccc1C1CCN(C2CCC3(CNC3)C2)CC1. The Morgan fingerprint density at radius 2 is 2.00 bits per heavy atom. The maximum Gasteiger partial charge on any atom is 0.126 e. The van der Waals surface area contributed by atoms with Crippen LogP contribution in [0.2, 0.25) is 0 Å². The lowest BCUT2D eigenvalue weighted by Gasteiger charge is -2.41. The molecule has 1 unspecified atom stereocenters. The summed E-state index contributed by atoms with van der Waals surface area (Å²) in [5.74, 6) is 1.000. The van der Waals surface area contributed by atoms with E-state index in [1.807, 2.05) is 6.07 Å². The molecule has 3 aliphatic rings. The fourth-order valence-electron chi connectivity index (χ4n) is 4.89. The second-order valence-electron chi connectivity index (χ2n) is 7.70. The van der Waals surface area contributed by atoms with E-state index >= 15 is 0 Å². The van der Waals surface area contributed by atoms with Crippen molar-refractivity contribution in [1.82, 2.24) is 10.2 Å². The zero-order valence-electron chi connectivity index (χ0n) is 14.0. The van der Waals surface area contributed by atoms with Crippen LogP contribution in [-0.4, -0.2) is 44.2 Å². The van der Waals surface area contributed by atoms with E-state index in [-0.39, 0.29) is 5.82 Å². The van der Waals surface area contributed by atoms with Gasteiger partial charge in [0.2, 0.25) is 0 Å². The number of halogens is 1. The quantitative estimate of drug-likeness (QED) is 0.926. The minimum absolute atomic E-state index is 0.214. The van der Waals surface area contributed by atoms with Crippen molar-refractivity contribution in [3.63, 3.8) is 0 Å². The summed E-state index contributed by atoms with van der Waals surface area (Å²) in [7, 11) is 1.64. The third-order valence-electron chi connectivity index (χ3n) is 6.36. The van der Waals surface area contributed by atoms with Crippen LogP contribution in [0.4, 0.5) is 4.39 Å². The Kier molecular flexibility index (Phi) is 4.06. The molecule has 2 saturated heterocycles. The molecule has 0 amide bonds. The molecule has 2 heterocycles. The van der Waals surface area contributed by atoms with Crippen molar-refractivity contribution in [2.24, 2.45) is 5.41 Å². The molecule has 0 aromatic heterocycles. The molecule has 3 nitrogen and oxygen atoms in total. The Morgan fingerprint density at radius 3 is 2.61 bits per heavy atom. The highest BCUT2D eigenvalue weighted by atomic mass is 19.1. The van der Waals surface area contributed by atoms with Crippen LogP contribution in [0, 0.1) is 11.2 Å². The molecule has 1 aromatic carbocycles. The molecule has 1 atom stereocenters. The van der Waals surface area contributed by atoms with E-state index < -0.39 is 0 Å². The van der Waals surface area contributed by atoms with E-state index in [0.717, 1.165) is 18.9 Å². The number of nitrogens with one attached hydrogen (secondary N) is 1. The standard InChI is InChI=1S/C19H27FN2O/c1-23-18-10-15(20)2-3-17(18)14-5-8-22(9-6-14)16-4-7-19(11-16)12-21-13-19/h2-3,10,14,16,21H,4-9,11-13H2,1H3. The van der Waals surface area contributed by atoms with Crippen LogP contribution < -0.4 is 10.1 Å². The summed E-state index contributed by atoms with van der Waals surface area (Å²) in [5.41, 5.74) is 1.81. The van der Waals surface area contributed by atoms with Crippen molar-refractivity contribution >= 4 is 0 Å². The second-order valence-corrected chi connectivity index (χ2v) is 7.70. The van der Waals surface area contributed by atoms with Gasteiger partial charge in [-0.05, 0) is 68.2 Å². The molecule has 126 valence electrons. The van der Waals surface area contributed by atoms with Crippen molar-refractivity contribution in [2.75, 3.05) is 33.3 Å². The Labute approximate surface area is 138 Å². The summed E-state index contributed by atoms with van der Waals surface area (Å²) in [4.78, 5) is 2.71. The van der Waals surface area contributed by atoms with Crippen LogP contribution >= 0.6 is 0 Å². The molecule has 4 rings (SSSR count). The number of benzene rings is 1. The van der Waals surface area contributed by atoms with Crippen LogP contribution in [0.25, 0.3) is 0 Å². The van der Waals surface area contributed by atoms with Gasteiger partial charge in [0, 0.05) is 25.2 Å². The zero-order chi connectivity index (χ0) is 15.9. The van der Waals surface area contributed by atoms with E-state index in [4.69, 9.17) is 4.74 Å². The van der Waals surface area contributed by atoms with Gasteiger partial charge < -0.3 is 15.0 Å². The second kappa shape index (κ2) is 6.06. The van der Waals surface area contributed by atoms with E-state index in [9.17, 15) is 4.39 Å². The van der Waals surface area contributed by atoms with E-state index in [1.54, 1.807) is 13.2 Å². The number of hydrogen-bond donors (Lipinski definition) is 1. The number of methoxy groups -OCH3 is 1. The van der Waals surface area contributed by atoms with Crippen LogP contribution in [0.5, 0.6) is 5.75 Å². The van der Waals surface area contributed by atoms with E-state index in [0.29, 0.717) is 17.1 Å². The summed E-state index contributed by atoms with van der Waals surface area (Å²) >= 11 is 0. The minimum Gasteiger partial charge on any atom is -0.496 e. The number of nitrogens with zero attached hydrogens (tertiary/aromatic N) is 1. The normalized spacial score (nSPS) is 28.0. The summed E-state index contributed by atoms with van der Waals surface area (Å²) < 4.78 is 18.8. The Balaban J connectivity index is 1.38. The number of piperidine rings is 1. The first-order valence-electron chi connectivity index (χ1n) is 8.97. The van der Waals surface area contributed by atoms with Gasteiger partial charge in [0.1, 0.15) is 11.6 Å². The smallest absolute Gasteiger partial charge is 0.126 e. The number of ether oxygens (including phenoxy) is 1. The molecule has 2 aliphatic heterocycles. The predicted octanol–water partition coefficient (Wildman–Crippen LogP) is 3.16. The Hall–Kier alpha value is -1.13. The third kappa shape index (κ3) is 2.87. The lowest BCUT2D eigenvalue weighted by Crippen LogP contribution is -2.52. The highest BCUT2D eigenvalue weighted by Crippen LogP contribution is 2.44. The van der Waals surface area contributed by atoms with Gasteiger partial charge in [-0.1, -0.05) is 6.07 Å². The number of rotatable bonds is 3. The molecule has 1 N–H and O–H groups in total. The van der Waals surface area contributed by atoms with Crippen LogP contribution in [0.15, 0.2) is 18.2 Å². The van der Waals surface area contributed by atoms with Gasteiger partial charge in [-0.2, -0.15) is 0 Å². The topological polar surface area (TPSA) is 24.5 Å². The first-order chi connectivity index (χ1) is 11.2. The molecule has 0 radical (unpaired) electrons. The molecule has 1 spiro atoms. The fraction of sp³-hybridized carbons (Fsp3) is 0.684. The molecule has 1 aliphatic carbocycles. The van der Waals surface area contributed by atoms with Gasteiger partial charge >= 0.3 is 0 Å².